The minimum Gasteiger partial charge on any atom is -0.481 e. The Kier molecular flexibility index (Phi) is 9.25. The number of alkyl carbamates (subject to hydrolysis) is 1. The second-order valence-electron chi connectivity index (χ2n) is 7.27. The van der Waals surface area contributed by atoms with Crippen molar-refractivity contribution < 1.29 is 29.0 Å². The second kappa shape index (κ2) is 11.7. The lowest BCUT2D eigenvalue weighted by atomic mass is 9.96. The van der Waals surface area contributed by atoms with E-state index in [0.717, 1.165) is 31.2 Å². The van der Waals surface area contributed by atoms with Crippen LogP contribution in [-0.2, 0) is 19.1 Å². The number of nitrogens with one attached hydrogen (secondary N) is 1. The number of hydrogen-bond donors (Lipinski definition) is 2. The van der Waals surface area contributed by atoms with Crippen LogP contribution in [0.3, 0.4) is 0 Å². The van der Waals surface area contributed by atoms with Crippen LogP contribution in [0.4, 0.5) is 4.79 Å². The first-order chi connectivity index (χ1) is 13.9. The molecule has 8 heteroatoms. The summed E-state index contributed by atoms with van der Waals surface area (Å²) in [5.41, 5.74) is 0.745. The van der Waals surface area contributed by atoms with Gasteiger partial charge in [-0.25, -0.2) is 4.79 Å². The molecule has 0 aliphatic heterocycles. The maximum absolute atomic E-state index is 12.2. The number of carboxylic acids is 1. The zero-order valence-electron chi connectivity index (χ0n) is 16.6. The molecule has 2 rings (SSSR count). The van der Waals surface area contributed by atoms with Gasteiger partial charge in [0.2, 0.25) is 6.29 Å². The number of esters is 1. The van der Waals surface area contributed by atoms with Crippen LogP contribution >= 0.6 is 11.6 Å². The Morgan fingerprint density at radius 1 is 1.17 bits per heavy atom. The zero-order valence-corrected chi connectivity index (χ0v) is 17.3. The number of rotatable bonds is 10. The molecule has 1 aliphatic rings. The molecule has 29 heavy (non-hydrogen) atoms. The monoisotopic (exact) mass is 425 g/mol. The second-order valence-corrected chi connectivity index (χ2v) is 7.71. The Morgan fingerprint density at radius 3 is 2.41 bits per heavy atom. The van der Waals surface area contributed by atoms with Gasteiger partial charge in [-0.05, 0) is 37.0 Å². The van der Waals surface area contributed by atoms with Crippen molar-refractivity contribution in [1.29, 1.82) is 0 Å². The third-order valence-electron chi connectivity index (χ3n) is 4.95. The summed E-state index contributed by atoms with van der Waals surface area (Å²) in [6.45, 7) is 1.98. The standard InChI is InChI=1S/C21H28ClNO6/c1-2-5-19(28-20(26)15-6-3-4-7-15)29-21(27)23-13-16(12-18(24)25)14-8-10-17(22)11-9-14/h8-11,15-16,19H,2-7,12-13H2,1H3,(H,23,27)(H,24,25)/t16-,19?/m0/s1. The van der Waals surface area contributed by atoms with Crippen LogP contribution in [0, 0.1) is 5.92 Å². The molecular weight excluding hydrogens is 398 g/mol. The molecule has 1 aromatic rings. The fourth-order valence-corrected chi connectivity index (χ4v) is 3.51. The van der Waals surface area contributed by atoms with Gasteiger partial charge >= 0.3 is 18.0 Å². The lowest BCUT2D eigenvalue weighted by Crippen LogP contribution is -2.35. The molecule has 1 saturated carbocycles. The largest absolute Gasteiger partial charge is 0.481 e. The third-order valence-corrected chi connectivity index (χ3v) is 5.21. The summed E-state index contributed by atoms with van der Waals surface area (Å²) in [4.78, 5) is 35.6. The predicted molar refractivity (Wildman–Crippen MR) is 108 cm³/mol. The third kappa shape index (κ3) is 7.93. The van der Waals surface area contributed by atoms with Gasteiger partial charge in [-0.1, -0.05) is 43.5 Å². The molecule has 0 bridgehead atoms. The molecular formula is C21H28ClNO6. The molecule has 1 fully saturated rings. The molecule has 2 N–H and O–H groups in total. The van der Waals surface area contributed by atoms with Crippen LogP contribution < -0.4 is 5.32 Å². The molecule has 1 unspecified atom stereocenters. The van der Waals surface area contributed by atoms with Crippen molar-refractivity contribution in [3.8, 4) is 0 Å². The summed E-state index contributed by atoms with van der Waals surface area (Å²) in [7, 11) is 0. The molecule has 0 spiro atoms. The number of hydrogen-bond acceptors (Lipinski definition) is 5. The number of carbonyl (C=O) groups is 3. The number of carboxylic acid groups (broad SMARTS) is 1. The van der Waals surface area contributed by atoms with Crippen LogP contribution in [0.2, 0.25) is 5.02 Å². The van der Waals surface area contributed by atoms with E-state index in [4.69, 9.17) is 26.2 Å². The van der Waals surface area contributed by atoms with Gasteiger partial charge in [-0.15, -0.1) is 0 Å². The van der Waals surface area contributed by atoms with E-state index in [0.29, 0.717) is 17.9 Å². The van der Waals surface area contributed by atoms with Gasteiger partial charge < -0.3 is 19.9 Å². The SMILES string of the molecule is CCCC(OC(=O)NC[C@H](CC(=O)O)c1ccc(Cl)cc1)OC(=O)C1CCCC1. The lowest BCUT2D eigenvalue weighted by Gasteiger charge is -2.21. The first-order valence-corrected chi connectivity index (χ1v) is 10.4. The topological polar surface area (TPSA) is 102 Å². The Labute approximate surface area is 175 Å². The van der Waals surface area contributed by atoms with Crippen molar-refractivity contribution in [3.05, 3.63) is 34.9 Å². The van der Waals surface area contributed by atoms with E-state index in [2.05, 4.69) is 5.32 Å². The number of carbonyl (C=O) groups excluding carboxylic acids is 2. The summed E-state index contributed by atoms with van der Waals surface area (Å²) in [5.74, 6) is -1.86. The lowest BCUT2D eigenvalue weighted by molar-refractivity contribution is -0.173. The quantitative estimate of drug-likeness (QED) is 0.423. The number of ether oxygens (including phenoxy) is 2. The average Bonchev–Trinajstić information content (AvgIpc) is 3.20. The maximum Gasteiger partial charge on any atom is 0.410 e. The Morgan fingerprint density at radius 2 is 1.83 bits per heavy atom. The van der Waals surface area contributed by atoms with Crippen molar-refractivity contribution in [2.24, 2.45) is 5.92 Å². The molecule has 0 radical (unpaired) electrons. The number of benzene rings is 1. The number of halogens is 1. The summed E-state index contributed by atoms with van der Waals surface area (Å²) >= 11 is 5.88. The molecule has 0 saturated heterocycles. The fourth-order valence-electron chi connectivity index (χ4n) is 3.39. The average molecular weight is 426 g/mol. The van der Waals surface area contributed by atoms with Gasteiger partial charge in [0, 0.05) is 23.9 Å². The highest BCUT2D eigenvalue weighted by molar-refractivity contribution is 6.30. The van der Waals surface area contributed by atoms with E-state index < -0.39 is 24.3 Å². The minimum absolute atomic E-state index is 0.0716. The normalized spacial score (nSPS) is 16.1. The van der Waals surface area contributed by atoms with E-state index in [1.165, 1.54) is 0 Å². The summed E-state index contributed by atoms with van der Waals surface area (Å²) in [6.07, 6.45) is 2.88. The molecule has 0 aromatic heterocycles. The van der Waals surface area contributed by atoms with Crippen molar-refractivity contribution in [2.75, 3.05) is 6.54 Å². The Bertz CT molecular complexity index is 687. The van der Waals surface area contributed by atoms with Gasteiger partial charge in [-0.2, -0.15) is 0 Å². The summed E-state index contributed by atoms with van der Waals surface area (Å²) in [5, 5.41) is 12.3. The fraction of sp³-hybridized carbons (Fsp3) is 0.571. The Balaban J connectivity index is 1.90. The first-order valence-electron chi connectivity index (χ1n) is 10.0. The van der Waals surface area contributed by atoms with Crippen molar-refractivity contribution in [1.82, 2.24) is 5.32 Å². The van der Waals surface area contributed by atoms with Crippen LogP contribution in [0.25, 0.3) is 0 Å². The molecule has 0 heterocycles. The van der Waals surface area contributed by atoms with Crippen molar-refractivity contribution in [2.45, 2.75) is 64.1 Å². The predicted octanol–water partition coefficient (Wildman–Crippen LogP) is 4.48. The van der Waals surface area contributed by atoms with Crippen LogP contribution in [0.15, 0.2) is 24.3 Å². The smallest absolute Gasteiger partial charge is 0.410 e. The number of amides is 1. The van der Waals surface area contributed by atoms with E-state index in [-0.39, 0.29) is 24.9 Å². The van der Waals surface area contributed by atoms with Gasteiger partial charge in [0.25, 0.3) is 0 Å². The van der Waals surface area contributed by atoms with E-state index in [1.54, 1.807) is 24.3 Å². The van der Waals surface area contributed by atoms with Crippen molar-refractivity contribution >= 4 is 29.6 Å². The highest BCUT2D eigenvalue weighted by Crippen LogP contribution is 2.26. The van der Waals surface area contributed by atoms with Crippen LogP contribution in [-0.4, -0.2) is 36.0 Å². The highest BCUT2D eigenvalue weighted by Gasteiger charge is 2.28. The van der Waals surface area contributed by atoms with Crippen molar-refractivity contribution in [3.63, 3.8) is 0 Å². The molecule has 2 atom stereocenters. The van der Waals surface area contributed by atoms with E-state index >= 15 is 0 Å². The van der Waals surface area contributed by atoms with Gasteiger partial charge in [-0.3, -0.25) is 9.59 Å². The molecule has 160 valence electrons. The zero-order chi connectivity index (χ0) is 21.2. The van der Waals surface area contributed by atoms with Crippen LogP contribution in [0.1, 0.15) is 63.4 Å². The molecule has 1 aromatic carbocycles. The first kappa shape index (κ1) is 23.0. The highest BCUT2D eigenvalue weighted by atomic mass is 35.5. The Hall–Kier alpha value is -2.28. The van der Waals surface area contributed by atoms with Gasteiger partial charge in [0.05, 0.1) is 12.3 Å². The summed E-state index contributed by atoms with van der Waals surface area (Å²) < 4.78 is 10.7. The van der Waals surface area contributed by atoms with E-state index in [1.807, 2.05) is 6.92 Å². The molecule has 1 aliphatic carbocycles. The minimum atomic E-state index is -0.977. The van der Waals surface area contributed by atoms with Crippen LogP contribution in [0.5, 0.6) is 0 Å². The van der Waals surface area contributed by atoms with Gasteiger partial charge in [0.15, 0.2) is 0 Å². The number of aliphatic carboxylic acids is 1. The molecule has 7 nitrogen and oxygen atoms in total. The molecule has 1 amide bonds. The summed E-state index contributed by atoms with van der Waals surface area (Å²) in [6, 6.07) is 6.80. The van der Waals surface area contributed by atoms with E-state index in [9.17, 15) is 14.4 Å². The maximum atomic E-state index is 12.2. The van der Waals surface area contributed by atoms with Gasteiger partial charge in [0.1, 0.15) is 0 Å².